The van der Waals surface area contributed by atoms with Crippen molar-refractivity contribution < 1.29 is 0 Å². The van der Waals surface area contributed by atoms with Gasteiger partial charge in [-0.3, -0.25) is 0 Å². The van der Waals surface area contributed by atoms with Crippen molar-refractivity contribution in [1.29, 1.82) is 0 Å². The van der Waals surface area contributed by atoms with Crippen LogP contribution in [0.1, 0.15) is 24.5 Å². The summed E-state index contributed by atoms with van der Waals surface area (Å²) < 4.78 is 1.77. The molecule has 1 fully saturated rings. The van der Waals surface area contributed by atoms with Crippen LogP contribution in [0.5, 0.6) is 0 Å². The van der Waals surface area contributed by atoms with Crippen LogP contribution in [0.2, 0.25) is 5.15 Å². The monoisotopic (exact) mass is 296 g/mol. The van der Waals surface area contributed by atoms with E-state index < -0.39 is 0 Å². The topological polar surface area (TPSA) is 43.6 Å². The second kappa shape index (κ2) is 4.97. The standard InChI is InChI=1S/C16H13ClN4/c17-14-10-15(21-9-8-13(20-21)11-6-7-11)19-16(18-14)12-4-2-1-3-5-12/h1-5,8-11H,6-7H2. The third-order valence-corrected chi connectivity index (χ3v) is 3.75. The SMILES string of the molecule is Clc1cc(-n2ccc(C3CC3)n2)nc(-c2ccccc2)n1. The van der Waals surface area contributed by atoms with E-state index >= 15 is 0 Å². The van der Waals surface area contributed by atoms with Gasteiger partial charge in [0.2, 0.25) is 0 Å². The molecule has 2 aromatic heterocycles. The number of rotatable bonds is 3. The van der Waals surface area contributed by atoms with Crippen LogP contribution in [0.4, 0.5) is 0 Å². The first kappa shape index (κ1) is 12.5. The summed E-state index contributed by atoms with van der Waals surface area (Å²) >= 11 is 6.14. The van der Waals surface area contributed by atoms with Crippen molar-refractivity contribution >= 4 is 11.6 Å². The van der Waals surface area contributed by atoms with Crippen molar-refractivity contribution in [3.05, 3.63) is 59.5 Å². The average Bonchev–Trinajstić information content (AvgIpc) is 3.25. The Morgan fingerprint density at radius 1 is 1.05 bits per heavy atom. The summed E-state index contributed by atoms with van der Waals surface area (Å²) in [5, 5.41) is 5.00. The molecule has 5 heteroatoms. The number of hydrogen-bond acceptors (Lipinski definition) is 3. The molecule has 2 heterocycles. The molecule has 104 valence electrons. The van der Waals surface area contributed by atoms with E-state index in [1.807, 2.05) is 36.5 Å². The highest BCUT2D eigenvalue weighted by molar-refractivity contribution is 6.29. The molecule has 4 rings (SSSR count). The molecule has 21 heavy (non-hydrogen) atoms. The number of aromatic nitrogens is 4. The number of benzene rings is 1. The first-order valence-corrected chi connectivity index (χ1v) is 7.33. The Balaban J connectivity index is 1.76. The predicted octanol–water partition coefficient (Wildman–Crippen LogP) is 3.86. The summed E-state index contributed by atoms with van der Waals surface area (Å²) in [6.07, 6.45) is 4.40. The largest absolute Gasteiger partial charge is 0.222 e. The predicted molar refractivity (Wildman–Crippen MR) is 81.6 cm³/mol. The van der Waals surface area contributed by atoms with Crippen LogP contribution in [0.15, 0.2) is 48.7 Å². The Kier molecular flexibility index (Phi) is 2.97. The fourth-order valence-corrected chi connectivity index (χ4v) is 2.48. The van der Waals surface area contributed by atoms with Crippen molar-refractivity contribution in [2.24, 2.45) is 0 Å². The summed E-state index contributed by atoms with van der Waals surface area (Å²) in [4.78, 5) is 8.87. The highest BCUT2D eigenvalue weighted by atomic mass is 35.5. The van der Waals surface area contributed by atoms with Crippen molar-refractivity contribution in [3.8, 4) is 17.2 Å². The highest BCUT2D eigenvalue weighted by Crippen LogP contribution is 2.39. The van der Waals surface area contributed by atoms with Crippen LogP contribution in [-0.4, -0.2) is 19.7 Å². The molecule has 0 amide bonds. The quantitative estimate of drug-likeness (QED) is 0.689. The first-order chi connectivity index (χ1) is 10.3. The van der Waals surface area contributed by atoms with Gasteiger partial charge in [-0.05, 0) is 18.9 Å². The molecule has 0 bridgehead atoms. The van der Waals surface area contributed by atoms with Crippen molar-refractivity contribution in [3.63, 3.8) is 0 Å². The maximum absolute atomic E-state index is 6.14. The molecule has 3 aromatic rings. The molecule has 0 saturated heterocycles. The van der Waals surface area contributed by atoms with Gasteiger partial charge in [-0.1, -0.05) is 41.9 Å². The molecule has 0 unspecified atom stereocenters. The van der Waals surface area contributed by atoms with Crippen LogP contribution in [0.25, 0.3) is 17.2 Å². The zero-order valence-electron chi connectivity index (χ0n) is 11.3. The average molecular weight is 297 g/mol. The molecule has 1 aromatic carbocycles. The minimum atomic E-state index is 0.419. The Hall–Kier alpha value is -2.20. The molecule has 0 aliphatic heterocycles. The molecule has 4 nitrogen and oxygen atoms in total. The van der Waals surface area contributed by atoms with Crippen LogP contribution in [0.3, 0.4) is 0 Å². The Morgan fingerprint density at radius 2 is 1.86 bits per heavy atom. The lowest BCUT2D eigenvalue weighted by Crippen LogP contribution is -2.02. The van der Waals surface area contributed by atoms with Gasteiger partial charge in [0.1, 0.15) is 5.15 Å². The van der Waals surface area contributed by atoms with Crippen LogP contribution in [0, 0.1) is 0 Å². The maximum Gasteiger partial charge on any atom is 0.163 e. The summed E-state index contributed by atoms with van der Waals surface area (Å²) in [7, 11) is 0. The summed E-state index contributed by atoms with van der Waals surface area (Å²) in [6.45, 7) is 0. The lowest BCUT2D eigenvalue weighted by atomic mass is 10.2. The van der Waals surface area contributed by atoms with Crippen LogP contribution < -0.4 is 0 Å². The lowest BCUT2D eigenvalue weighted by Gasteiger charge is -2.05. The zero-order valence-corrected chi connectivity index (χ0v) is 12.0. The molecule has 0 radical (unpaired) electrons. The van der Waals surface area contributed by atoms with E-state index in [4.69, 9.17) is 11.6 Å². The van der Waals surface area contributed by atoms with E-state index in [0.29, 0.717) is 22.7 Å². The minimum absolute atomic E-state index is 0.419. The smallest absolute Gasteiger partial charge is 0.163 e. The second-order valence-electron chi connectivity index (χ2n) is 5.20. The zero-order chi connectivity index (χ0) is 14.2. The fraction of sp³-hybridized carbons (Fsp3) is 0.188. The van der Waals surface area contributed by atoms with Gasteiger partial charge in [-0.2, -0.15) is 5.10 Å². The first-order valence-electron chi connectivity index (χ1n) is 6.95. The molecular formula is C16H13ClN4. The van der Waals surface area contributed by atoms with Gasteiger partial charge >= 0.3 is 0 Å². The Bertz CT molecular complexity index is 778. The lowest BCUT2D eigenvalue weighted by molar-refractivity contribution is 0.809. The number of halogens is 1. The Labute approximate surface area is 127 Å². The van der Waals surface area contributed by atoms with E-state index in [-0.39, 0.29) is 0 Å². The van der Waals surface area contributed by atoms with Crippen molar-refractivity contribution in [1.82, 2.24) is 19.7 Å². The van der Waals surface area contributed by atoms with Gasteiger partial charge in [0.25, 0.3) is 0 Å². The summed E-state index contributed by atoms with van der Waals surface area (Å²) in [5.41, 5.74) is 2.07. The maximum atomic E-state index is 6.14. The molecule has 1 aliphatic carbocycles. The molecule has 0 atom stereocenters. The molecule has 0 N–H and O–H groups in total. The third kappa shape index (κ3) is 2.54. The van der Waals surface area contributed by atoms with Crippen molar-refractivity contribution in [2.75, 3.05) is 0 Å². The normalized spacial score (nSPS) is 14.3. The van der Waals surface area contributed by atoms with E-state index in [2.05, 4.69) is 21.1 Å². The highest BCUT2D eigenvalue weighted by Gasteiger charge is 2.26. The fourth-order valence-electron chi connectivity index (χ4n) is 2.30. The molecule has 1 aliphatic rings. The van der Waals surface area contributed by atoms with Gasteiger partial charge in [0.05, 0.1) is 5.69 Å². The third-order valence-electron chi connectivity index (χ3n) is 3.55. The van der Waals surface area contributed by atoms with E-state index in [0.717, 1.165) is 11.3 Å². The minimum Gasteiger partial charge on any atom is -0.222 e. The summed E-state index contributed by atoms with van der Waals surface area (Å²) in [5.74, 6) is 1.93. The number of nitrogens with zero attached hydrogens (tertiary/aromatic N) is 4. The van der Waals surface area contributed by atoms with Gasteiger partial charge < -0.3 is 0 Å². The molecule has 0 spiro atoms. The van der Waals surface area contributed by atoms with Crippen molar-refractivity contribution in [2.45, 2.75) is 18.8 Å². The van der Waals surface area contributed by atoms with E-state index in [1.54, 1.807) is 10.7 Å². The van der Waals surface area contributed by atoms with Gasteiger partial charge in [-0.25, -0.2) is 14.6 Å². The van der Waals surface area contributed by atoms with E-state index in [1.165, 1.54) is 12.8 Å². The van der Waals surface area contributed by atoms with Gasteiger partial charge in [-0.15, -0.1) is 0 Å². The summed E-state index contributed by atoms with van der Waals surface area (Å²) in [6, 6.07) is 13.6. The Morgan fingerprint density at radius 3 is 2.62 bits per heavy atom. The van der Waals surface area contributed by atoms with Gasteiger partial charge in [0.15, 0.2) is 11.6 Å². The van der Waals surface area contributed by atoms with Crippen LogP contribution >= 0.6 is 11.6 Å². The van der Waals surface area contributed by atoms with E-state index in [9.17, 15) is 0 Å². The second-order valence-corrected chi connectivity index (χ2v) is 5.59. The van der Waals surface area contributed by atoms with Gasteiger partial charge in [0, 0.05) is 23.7 Å². The molecule has 1 saturated carbocycles. The number of hydrogen-bond donors (Lipinski definition) is 0. The molecular weight excluding hydrogens is 284 g/mol. The van der Waals surface area contributed by atoms with Crippen LogP contribution in [-0.2, 0) is 0 Å².